The monoisotopic (exact) mass is 327 g/mol. The number of rotatable bonds is 3. The van der Waals surface area contributed by atoms with E-state index in [9.17, 15) is 9.90 Å². The highest BCUT2D eigenvalue weighted by molar-refractivity contribution is 6.33. The van der Waals surface area contributed by atoms with Gasteiger partial charge in [-0.15, -0.1) is 0 Å². The third-order valence-electron chi connectivity index (χ3n) is 3.46. The number of aliphatic hydroxyl groups excluding tert-OH is 1. The van der Waals surface area contributed by atoms with Crippen molar-refractivity contribution in [2.45, 2.75) is 25.6 Å². The maximum absolute atomic E-state index is 11.9. The molecule has 0 radical (unpaired) electrons. The van der Waals surface area contributed by atoms with Gasteiger partial charge in [0.2, 0.25) is 0 Å². The van der Waals surface area contributed by atoms with E-state index in [0.717, 1.165) is 0 Å². The summed E-state index contributed by atoms with van der Waals surface area (Å²) in [6, 6.07) is 1.63. The third-order valence-corrected chi connectivity index (χ3v) is 3.74. The number of halogens is 1. The number of aromatic nitrogens is 1. The molecule has 6 nitrogen and oxygen atoms in total. The molecule has 1 aromatic rings. The summed E-state index contributed by atoms with van der Waals surface area (Å²) < 4.78 is 5.78. The molecule has 1 atom stereocenters. The van der Waals surface area contributed by atoms with Crippen molar-refractivity contribution in [2.24, 2.45) is 0 Å². The highest BCUT2D eigenvalue weighted by Crippen LogP contribution is 2.30. The summed E-state index contributed by atoms with van der Waals surface area (Å²) >= 11 is 6.32. The molecule has 2 rings (SSSR count). The van der Waals surface area contributed by atoms with Gasteiger partial charge >= 0.3 is 0 Å². The summed E-state index contributed by atoms with van der Waals surface area (Å²) in [5.74, 6) is 0.461. The van der Waals surface area contributed by atoms with Gasteiger partial charge in [-0.3, -0.25) is 4.79 Å². The molecule has 1 amide bonds. The molecule has 1 N–H and O–H groups in total. The predicted octanol–water partition coefficient (Wildman–Crippen LogP) is 1.41. The van der Waals surface area contributed by atoms with Crippen molar-refractivity contribution in [3.05, 3.63) is 22.8 Å². The number of carbonyl (C=O) groups excluding carboxylic acids is 1. The lowest BCUT2D eigenvalue weighted by Crippen LogP contribution is -2.54. The van der Waals surface area contributed by atoms with Gasteiger partial charge in [0.05, 0.1) is 28.9 Å². The van der Waals surface area contributed by atoms with E-state index < -0.39 is 5.60 Å². The van der Waals surface area contributed by atoms with Gasteiger partial charge in [0.25, 0.3) is 5.91 Å². The number of hydrogen-bond donors (Lipinski definition) is 1. The van der Waals surface area contributed by atoms with Crippen molar-refractivity contribution in [1.82, 2.24) is 9.88 Å². The number of morpholine rings is 1. The zero-order valence-corrected chi connectivity index (χ0v) is 14.1. The predicted molar refractivity (Wildman–Crippen MR) is 85.5 cm³/mol. The van der Waals surface area contributed by atoms with E-state index in [2.05, 4.69) is 4.98 Å². The standard InChI is InChI=1S/C15H22ClN3O3/c1-15(2)9-19(7-11(8-20)22-15)13-12(16)5-10(6-17-13)14(21)18(3)4/h5-6,11,20H,7-9H2,1-4H3. The number of pyridine rings is 1. The molecule has 2 heterocycles. The lowest BCUT2D eigenvalue weighted by Gasteiger charge is -2.43. The summed E-state index contributed by atoms with van der Waals surface area (Å²) in [6.45, 7) is 4.97. The molecule has 1 aliphatic rings. The minimum absolute atomic E-state index is 0.0608. The molecule has 0 bridgehead atoms. The maximum Gasteiger partial charge on any atom is 0.254 e. The summed E-state index contributed by atoms with van der Waals surface area (Å²) in [5, 5.41) is 9.80. The number of aliphatic hydroxyl groups is 1. The molecule has 0 spiro atoms. The largest absolute Gasteiger partial charge is 0.394 e. The Kier molecular flexibility index (Phi) is 4.94. The number of hydrogen-bond acceptors (Lipinski definition) is 5. The van der Waals surface area contributed by atoms with Crippen LogP contribution in [0.2, 0.25) is 5.02 Å². The number of carbonyl (C=O) groups is 1. The molecular formula is C15H22ClN3O3. The molecule has 0 saturated carbocycles. The molecule has 1 unspecified atom stereocenters. The van der Waals surface area contributed by atoms with E-state index in [1.807, 2.05) is 18.7 Å². The second kappa shape index (κ2) is 6.40. The normalized spacial score (nSPS) is 20.8. The van der Waals surface area contributed by atoms with Crippen LogP contribution in [0.1, 0.15) is 24.2 Å². The molecule has 0 aliphatic carbocycles. The summed E-state index contributed by atoms with van der Waals surface area (Å²) in [7, 11) is 3.36. The molecule has 7 heteroatoms. The highest BCUT2D eigenvalue weighted by Gasteiger charge is 2.34. The first kappa shape index (κ1) is 17.0. The first-order chi connectivity index (χ1) is 10.2. The Morgan fingerprint density at radius 3 is 2.82 bits per heavy atom. The van der Waals surface area contributed by atoms with Crippen molar-refractivity contribution < 1.29 is 14.6 Å². The second-order valence-electron chi connectivity index (χ2n) is 6.29. The van der Waals surface area contributed by atoms with Crippen LogP contribution >= 0.6 is 11.6 Å². The van der Waals surface area contributed by atoms with Crippen LogP contribution in [0.25, 0.3) is 0 Å². The van der Waals surface area contributed by atoms with Gasteiger partial charge < -0.3 is 19.6 Å². The minimum atomic E-state index is -0.408. The molecule has 1 aromatic heterocycles. The van der Waals surface area contributed by atoms with Gasteiger partial charge in [0, 0.05) is 33.4 Å². The van der Waals surface area contributed by atoms with Crippen LogP contribution < -0.4 is 4.90 Å². The molecule has 22 heavy (non-hydrogen) atoms. The average Bonchev–Trinajstić information content (AvgIpc) is 2.44. The Morgan fingerprint density at radius 1 is 1.59 bits per heavy atom. The van der Waals surface area contributed by atoms with E-state index in [1.54, 1.807) is 20.2 Å². The van der Waals surface area contributed by atoms with Crippen LogP contribution in [0, 0.1) is 0 Å². The van der Waals surface area contributed by atoms with E-state index in [0.29, 0.717) is 29.5 Å². The zero-order valence-electron chi connectivity index (χ0n) is 13.3. The fourth-order valence-electron chi connectivity index (χ4n) is 2.59. The van der Waals surface area contributed by atoms with Crippen molar-refractivity contribution in [2.75, 3.05) is 38.7 Å². The van der Waals surface area contributed by atoms with E-state index in [4.69, 9.17) is 16.3 Å². The lowest BCUT2D eigenvalue weighted by atomic mass is 10.1. The van der Waals surface area contributed by atoms with Crippen LogP contribution in [0.15, 0.2) is 12.3 Å². The Morgan fingerprint density at radius 2 is 2.27 bits per heavy atom. The van der Waals surface area contributed by atoms with Crippen LogP contribution in [-0.2, 0) is 4.74 Å². The summed E-state index contributed by atoms with van der Waals surface area (Å²) in [6.07, 6.45) is 1.24. The van der Waals surface area contributed by atoms with Gasteiger partial charge in [-0.2, -0.15) is 0 Å². The number of ether oxygens (including phenoxy) is 1. The number of nitrogens with zero attached hydrogens (tertiary/aromatic N) is 3. The Bertz CT molecular complexity index is 563. The van der Waals surface area contributed by atoms with E-state index in [1.165, 1.54) is 11.1 Å². The minimum Gasteiger partial charge on any atom is -0.394 e. The Balaban J connectivity index is 2.27. The zero-order chi connectivity index (χ0) is 16.5. The van der Waals surface area contributed by atoms with Gasteiger partial charge in [0.1, 0.15) is 5.82 Å². The van der Waals surface area contributed by atoms with E-state index >= 15 is 0 Å². The molecule has 1 saturated heterocycles. The van der Waals surface area contributed by atoms with E-state index in [-0.39, 0.29) is 18.6 Å². The highest BCUT2D eigenvalue weighted by atomic mass is 35.5. The quantitative estimate of drug-likeness (QED) is 0.909. The topological polar surface area (TPSA) is 65.9 Å². The third kappa shape index (κ3) is 3.69. The lowest BCUT2D eigenvalue weighted by molar-refractivity contribution is -0.101. The van der Waals surface area contributed by atoms with Crippen LogP contribution in [-0.4, -0.2) is 66.4 Å². The first-order valence-corrected chi connectivity index (χ1v) is 7.52. The van der Waals surface area contributed by atoms with Crippen molar-refractivity contribution in [3.8, 4) is 0 Å². The fourth-order valence-corrected chi connectivity index (χ4v) is 2.88. The smallest absolute Gasteiger partial charge is 0.254 e. The van der Waals surface area contributed by atoms with Crippen LogP contribution in [0.4, 0.5) is 5.82 Å². The first-order valence-electron chi connectivity index (χ1n) is 7.14. The summed E-state index contributed by atoms with van der Waals surface area (Å²) in [4.78, 5) is 19.8. The van der Waals surface area contributed by atoms with Gasteiger partial charge in [0.15, 0.2) is 0 Å². The van der Waals surface area contributed by atoms with Crippen molar-refractivity contribution in [1.29, 1.82) is 0 Å². The maximum atomic E-state index is 11.9. The molecule has 1 aliphatic heterocycles. The number of anilines is 1. The van der Waals surface area contributed by atoms with Gasteiger partial charge in [-0.1, -0.05) is 11.6 Å². The summed E-state index contributed by atoms with van der Waals surface area (Å²) in [5.41, 5.74) is 0.0411. The SMILES string of the molecule is CN(C)C(=O)c1cnc(N2CC(CO)OC(C)(C)C2)c(Cl)c1. The van der Waals surface area contributed by atoms with Crippen LogP contribution in [0.5, 0.6) is 0 Å². The van der Waals surface area contributed by atoms with Crippen LogP contribution in [0.3, 0.4) is 0 Å². The second-order valence-corrected chi connectivity index (χ2v) is 6.70. The fraction of sp³-hybridized carbons (Fsp3) is 0.600. The molecule has 122 valence electrons. The molecule has 1 fully saturated rings. The van der Waals surface area contributed by atoms with Gasteiger partial charge in [-0.25, -0.2) is 4.98 Å². The van der Waals surface area contributed by atoms with Crippen molar-refractivity contribution in [3.63, 3.8) is 0 Å². The average molecular weight is 328 g/mol. The van der Waals surface area contributed by atoms with Gasteiger partial charge in [-0.05, 0) is 19.9 Å². The molecular weight excluding hydrogens is 306 g/mol. The number of amides is 1. The molecule has 0 aromatic carbocycles. The Labute approximate surface area is 135 Å². The Hall–Kier alpha value is -1.37. The van der Waals surface area contributed by atoms with Crippen molar-refractivity contribution >= 4 is 23.3 Å².